The molecule has 1 rings (SSSR count). The molecule has 0 saturated carbocycles. The van der Waals surface area contributed by atoms with Crippen LogP contribution in [0.5, 0.6) is 0 Å². The Morgan fingerprint density at radius 3 is 2.67 bits per heavy atom. The third-order valence-corrected chi connectivity index (χ3v) is 1.18. The van der Waals surface area contributed by atoms with Gasteiger partial charge in [-0.05, 0) is 18.1 Å². The SMILES string of the molecule is CCc1c[c]ccc1.[MgH2]. The number of aryl methyl sites for hydroxylation is 1. The van der Waals surface area contributed by atoms with Crippen LogP contribution in [0, 0.1) is 6.07 Å². The third-order valence-electron chi connectivity index (χ3n) is 1.18. The zero-order valence-electron chi connectivity index (χ0n) is 5.02. The minimum Gasteiger partial charge on any atom is -0.0614 e. The predicted molar refractivity (Wildman–Crippen MR) is 43.2 cm³/mol. The molecule has 0 aliphatic carbocycles. The molecule has 0 amide bonds. The molecule has 45 valence electrons. The number of benzene rings is 1. The summed E-state index contributed by atoms with van der Waals surface area (Å²) in [5.74, 6) is 0. The maximum Gasteiger partial charge on any atom is 0.316 e. The molecule has 0 bridgehead atoms. The second-order valence-corrected chi connectivity index (χ2v) is 1.77. The van der Waals surface area contributed by atoms with E-state index in [2.05, 4.69) is 19.1 Å². The zero-order chi connectivity index (χ0) is 5.82. The molecule has 9 heavy (non-hydrogen) atoms. The highest BCUT2D eigenvalue weighted by molar-refractivity contribution is 5.75. The molecular weight excluding hydrogens is 120 g/mol. The van der Waals surface area contributed by atoms with Crippen molar-refractivity contribution >= 4 is 23.1 Å². The molecule has 0 fully saturated rings. The molecule has 0 spiro atoms. The topological polar surface area (TPSA) is 0 Å². The maximum absolute atomic E-state index is 3.01. The van der Waals surface area contributed by atoms with Crippen molar-refractivity contribution in [1.82, 2.24) is 0 Å². The van der Waals surface area contributed by atoms with E-state index in [-0.39, 0.29) is 23.1 Å². The monoisotopic (exact) mass is 131 g/mol. The molecule has 0 aliphatic rings. The molecule has 0 nitrogen and oxygen atoms in total. The molecule has 1 aromatic carbocycles. The Hall–Kier alpha value is -0.0138. The highest BCUT2D eigenvalue weighted by Gasteiger charge is 1.80. The first-order chi connectivity index (χ1) is 3.93. The van der Waals surface area contributed by atoms with E-state index in [1.807, 2.05) is 18.2 Å². The van der Waals surface area contributed by atoms with Gasteiger partial charge in [-0.15, -0.1) is 0 Å². The Morgan fingerprint density at radius 1 is 1.56 bits per heavy atom. The Kier molecular flexibility index (Phi) is 4.82. The molecule has 0 atom stereocenters. The van der Waals surface area contributed by atoms with Crippen LogP contribution >= 0.6 is 0 Å². The highest BCUT2D eigenvalue weighted by Crippen LogP contribution is 1.96. The molecule has 0 heterocycles. The van der Waals surface area contributed by atoms with Crippen LogP contribution in [0.15, 0.2) is 24.3 Å². The number of rotatable bonds is 1. The first-order valence-corrected chi connectivity index (χ1v) is 2.88. The summed E-state index contributed by atoms with van der Waals surface area (Å²) in [6.07, 6.45) is 1.11. The van der Waals surface area contributed by atoms with Gasteiger partial charge in [0, 0.05) is 0 Å². The largest absolute Gasteiger partial charge is 0.316 e. The van der Waals surface area contributed by atoms with E-state index in [1.165, 1.54) is 5.56 Å². The van der Waals surface area contributed by atoms with Crippen molar-refractivity contribution in [2.24, 2.45) is 0 Å². The Balaban J connectivity index is 0.000000640. The first kappa shape index (κ1) is 8.99. The standard InChI is InChI=1S/C8H9.Mg.2H/c1-2-8-6-4-3-5-7-8;;;/h3-4,6-7H,2H2,1H3;;;. The fourth-order valence-electron chi connectivity index (χ4n) is 0.650. The predicted octanol–water partition coefficient (Wildman–Crippen LogP) is 1.13. The molecule has 1 radical (unpaired) electrons. The van der Waals surface area contributed by atoms with Gasteiger partial charge in [0.1, 0.15) is 0 Å². The van der Waals surface area contributed by atoms with Gasteiger partial charge < -0.3 is 0 Å². The van der Waals surface area contributed by atoms with Crippen LogP contribution in [0.2, 0.25) is 0 Å². The van der Waals surface area contributed by atoms with Crippen molar-refractivity contribution in [2.45, 2.75) is 13.3 Å². The van der Waals surface area contributed by atoms with Gasteiger partial charge in [-0.25, -0.2) is 0 Å². The van der Waals surface area contributed by atoms with Crippen molar-refractivity contribution in [1.29, 1.82) is 0 Å². The third kappa shape index (κ3) is 2.87. The molecule has 0 saturated heterocycles. The maximum atomic E-state index is 3.01. The normalized spacial score (nSPS) is 8.11. The lowest BCUT2D eigenvalue weighted by Gasteiger charge is -1.89. The Morgan fingerprint density at radius 2 is 2.33 bits per heavy atom. The van der Waals surface area contributed by atoms with Crippen LogP contribution in [-0.2, 0) is 6.42 Å². The summed E-state index contributed by atoms with van der Waals surface area (Å²) in [5, 5.41) is 0. The first-order valence-electron chi connectivity index (χ1n) is 2.88. The molecule has 0 N–H and O–H groups in total. The van der Waals surface area contributed by atoms with Crippen molar-refractivity contribution in [2.75, 3.05) is 0 Å². The quantitative estimate of drug-likeness (QED) is 0.502. The molecule has 1 heteroatoms. The smallest absolute Gasteiger partial charge is 0.0614 e. The lowest BCUT2D eigenvalue weighted by atomic mass is 10.2. The summed E-state index contributed by atoms with van der Waals surface area (Å²) in [6, 6.07) is 11.1. The summed E-state index contributed by atoms with van der Waals surface area (Å²) in [5.41, 5.74) is 1.35. The molecular formula is C8H11Mg. The van der Waals surface area contributed by atoms with E-state index < -0.39 is 0 Å². The van der Waals surface area contributed by atoms with Gasteiger partial charge in [0.25, 0.3) is 0 Å². The Labute approximate surface area is 72.4 Å². The Bertz CT molecular complexity index is 146. The van der Waals surface area contributed by atoms with Gasteiger partial charge >= 0.3 is 23.1 Å². The van der Waals surface area contributed by atoms with Crippen molar-refractivity contribution in [3.8, 4) is 0 Å². The van der Waals surface area contributed by atoms with Crippen LogP contribution in [0.25, 0.3) is 0 Å². The van der Waals surface area contributed by atoms with Gasteiger partial charge in [-0.3, -0.25) is 0 Å². The van der Waals surface area contributed by atoms with E-state index in [1.54, 1.807) is 0 Å². The van der Waals surface area contributed by atoms with Crippen molar-refractivity contribution in [3.63, 3.8) is 0 Å². The summed E-state index contributed by atoms with van der Waals surface area (Å²) >= 11 is 0. The van der Waals surface area contributed by atoms with Crippen LogP contribution in [0.3, 0.4) is 0 Å². The van der Waals surface area contributed by atoms with Crippen LogP contribution in [0.1, 0.15) is 12.5 Å². The lowest BCUT2D eigenvalue weighted by molar-refractivity contribution is 1.14. The van der Waals surface area contributed by atoms with E-state index in [9.17, 15) is 0 Å². The van der Waals surface area contributed by atoms with Crippen LogP contribution in [-0.4, -0.2) is 23.1 Å². The number of hydrogen-bond donors (Lipinski definition) is 0. The molecule has 1 aromatic rings. The van der Waals surface area contributed by atoms with Gasteiger partial charge in [-0.1, -0.05) is 31.2 Å². The minimum atomic E-state index is 0. The zero-order valence-corrected chi connectivity index (χ0v) is 5.02. The van der Waals surface area contributed by atoms with Gasteiger partial charge in [0.05, 0.1) is 0 Å². The fourth-order valence-corrected chi connectivity index (χ4v) is 0.650. The average Bonchev–Trinajstić information content (AvgIpc) is 1.90. The second-order valence-electron chi connectivity index (χ2n) is 1.77. The molecule has 0 aliphatic heterocycles. The molecule has 0 aromatic heterocycles. The number of hydrogen-bond acceptors (Lipinski definition) is 0. The summed E-state index contributed by atoms with van der Waals surface area (Å²) in [4.78, 5) is 0. The molecule has 0 unspecified atom stereocenters. The fraction of sp³-hybridized carbons (Fsp3) is 0.250. The average molecular weight is 131 g/mol. The van der Waals surface area contributed by atoms with E-state index in [4.69, 9.17) is 0 Å². The van der Waals surface area contributed by atoms with Gasteiger partial charge in [0.2, 0.25) is 0 Å². The van der Waals surface area contributed by atoms with E-state index in [0.29, 0.717) is 0 Å². The van der Waals surface area contributed by atoms with Crippen molar-refractivity contribution in [3.05, 3.63) is 35.9 Å². The highest BCUT2D eigenvalue weighted by atomic mass is 24.3. The summed E-state index contributed by atoms with van der Waals surface area (Å²) in [6.45, 7) is 2.14. The van der Waals surface area contributed by atoms with Crippen molar-refractivity contribution < 1.29 is 0 Å². The summed E-state index contributed by atoms with van der Waals surface area (Å²) in [7, 11) is 0. The second kappa shape index (κ2) is 4.83. The van der Waals surface area contributed by atoms with Crippen LogP contribution in [0.4, 0.5) is 0 Å². The van der Waals surface area contributed by atoms with Gasteiger partial charge in [0.15, 0.2) is 0 Å². The minimum absolute atomic E-state index is 0. The van der Waals surface area contributed by atoms with E-state index in [0.717, 1.165) is 6.42 Å². The van der Waals surface area contributed by atoms with E-state index >= 15 is 0 Å². The summed E-state index contributed by atoms with van der Waals surface area (Å²) < 4.78 is 0. The van der Waals surface area contributed by atoms with Crippen LogP contribution < -0.4 is 0 Å². The van der Waals surface area contributed by atoms with Gasteiger partial charge in [-0.2, -0.15) is 0 Å². The lowest BCUT2D eigenvalue weighted by Crippen LogP contribution is -1.74.